The van der Waals surface area contributed by atoms with E-state index >= 15 is 0 Å². The molecule has 110 valence electrons. The van der Waals surface area contributed by atoms with E-state index in [9.17, 15) is 4.79 Å². The van der Waals surface area contributed by atoms with Gasteiger partial charge in [-0.1, -0.05) is 0 Å². The van der Waals surface area contributed by atoms with Gasteiger partial charge < -0.3 is 10.2 Å². The monoisotopic (exact) mass is 356 g/mol. The van der Waals surface area contributed by atoms with E-state index in [4.69, 9.17) is 0 Å². The van der Waals surface area contributed by atoms with Crippen molar-refractivity contribution in [1.82, 2.24) is 10.2 Å². The van der Waals surface area contributed by atoms with Crippen LogP contribution in [0.15, 0.2) is 9.85 Å². The highest BCUT2D eigenvalue weighted by Gasteiger charge is 2.35. The predicted octanol–water partition coefficient (Wildman–Crippen LogP) is 3.42. The Bertz CT molecular complexity index is 473. The Morgan fingerprint density at radius 3 is 2.65 bits per heavy atom. The van der Waals surface area contributed by atoms with Gasteiger partial charge in [-0.15, -0.1) is 11.3 Å². The second kappa shape index (κ2) is 6.16. The maximum Gasteiger partial charge on any atom is 0.264 e. The summed E-state index contributed by atoms with van der Waals surface area (Å²) in [6.45, 7) is 5.19. The number of rotatable bonds is 4. The third-order valence-electron chi connectivity index (χ3n) is 4.23. The second-order valence-corrected chi connectivity index (χ2v) is 8.32. The molecule has 0 atom stereocenters. The van der Waals surface area contributed by atoms with Crippen molar-refractivity contribution in [3.63, 3.8) is 0 Å². The maximum atomic E-state index is 12.8. The Kier molecular flexibility index (Phi) is 4.48. The highest BCUT2D eigenvalue weighted by atomic mass is 79.9. The molecule has 1 aliphatic heterocycles. The fourth-order valence-electron chi connectivity index (χ4n) is 2.83. The van der Waals surface area contributed by atoms with E-state index < -0.39 is 0 Å². The van der Waals surface area contributed by atoms with Crippen molar-refractivity contribution in [2.75, 3.05) is 19.6 Å². The zero-order valence-corrected chi connectivity index (χ0v) is 14.2. The summed E-state index contributed by atoms with van der Waals surface area (Å²) in [4.78, 5) is 15.8. The van der Waals surface area contributed by atoms with Crippen molar-refractivity contribution in [2.24, 2.45) is 5.92 Å². The first-order valence-electron chi connectivity index (χ1n) is 7.43. The predicted molar refractivity (Wildman–Crippen MR) is 86.4 cm³/mol. The minimum atomic E-state index is 0.241. The molecule has 0 aromatic carbocycles. The first-order valence-corrected chi connectivity index (χ1v) is 9.03. The van der Waals surface area contributed by atoms with Gasteiger partial charge in [-0.25, -0.2) is 0 Å². The minimum Gasteiger partial charge on any atom is -0.335 e. The molecule has 1 amide bonds. The third-order valence-corrected chi connectivity index (χ3v) is 6.35. The molecule has 2 fully saturated rings. The van der Waals surface area contributed by atoms with E-state index in [2.05, 4.69) is 26.1 Å². The van der Waals surface area contributed by atoms with Crippen LogP contribution in [-0.4, -0.2) is 36.5 Å². The van der Waals surface area contributed by atoms with Gasteiger partial charge in [0.2, 0.25) is 0 Å². The lowest BCUT2D eigenvalue weighted by Gasteiger charge is -2.30. The number of thiophene rings is 1. The third kappa shape index (κ3) is 3.26. The molecule has 1 aromatic rings. The van der Waals surface area contributed by atoms with Gasteiger partial charge in [-0.3, -0.25) is 4.79 Å². The van der Waals surface area contributed by atoms with Crippen LogP contribution >= 0.6 is 27.3 Å². The number of nitrogens with one attached hydrogen (secondary N) is 1. The van der Waals surface area contributed by atoms with E-state index in [1.165, 1.54) is 25.7 Å². The Morgan fingerprint density at radius 1 is 1.40 bits per heavy atom. The summed E-state index contributed by atoms with van der Waals surface area (Å²) in [6, 6.07) is 2.52. The van der Waals surface area contributed by atoms with Crippen molar-refractivity contribution in [3.8, 4) is 0 Å². The zero-order valence-electron chi connectivity index (χ0n) is 11.8. The molecule has 5 heteroatoms. The first-order chi connectivity index (χ1) is 9.65. The molecular formula is C15H21BrN2OS. The van der Waals surface area contributed by atoms with Crippen LogP contribution in [0.3, 0.4) is 0 Å². The van der Waals surface area contributed by atoms with Gasteiger partial charge in [-0.2, -0.15) is 0 Å². The molecule has 1 aromatic heterocycles. The number of hydrogen-bond acceptors (Lipinski definition) is 3. The van der Waals surface area contributed by atoms with E-state index in [1.807, 2.05) is 13.0 Å². The molecular weight excluding hydrogens is 336 g/mol. The van der Waals surface area contributed by atoms with Crippen molar-refractivity contribution >= 4 is 33.2 Å². The summed E-state index contributed by atoms with van der Waals surface area (Å²) >= 11 is 5.10. The largest absolute Gasteiger partial charge is 0.335 e. The smallest absolute Gasteiger partial charge is 0.264 e. The fraction of sp³-hybridized carbons (Fsp3) is 0.667. The Balaban J connectivity index is 1.71. The molecule has 20 heavy (non-hydrogen) atoms. The molecule has 2 heterocycles. The molecule has 2 aliphatic rings. The number of piperidine rings is 1. The van der Waals surface area contributed by atoms with Crippen LogP contribution in [0, 0.1) is 12.8 Å². The number of carbonyl (C=O) groups excluding carboxylic acids is 1. The highest BCUT2D eigenvalue weighted by molar-refractivity contribution is 9.11. The van der Waals surface area contributed by atoms with Crippen molar-refractivity contribution in [2.45, 2.75) is 38.6 Å². The number of aryl methyl sites for hydroxylation is 1. The van der Waals surface area contributed by atoms with Crippen LogP contribution in [0.5, 0.6) is 0 Å². The summed E-state index contributed by atoms with van der Waals surface area (Å²) in [5.41, 5.74) is 1.16. The molecule has 0 unspecified atom stereocenters. The van der Waals surface area contributed by atoms with Gasteiger partial charge >= 0.3 is 0 Å². The van der Waals surface area contributed by atoms with Gasteiger partial charge in [0.25, 0.3) is 5.91 Å². The van der Waals surface area contributed by atoms with Crippen LogP contribution in [0.4, 0.5) is 0 Å². The van der Waals surface area contributed by atoms with E-state index in [1.54, 1.807) is 11.3 Å². The first kappa shape index (κ1) is 14.5. The number of hydrogen-bond donors (Lipinski definition) is 1. The number of nitrogens with zero attached hydrogens (tertiary/aromatic N) is 1. The summed E-state index contributed by atoms with van der Waals surface area (Å²) in [5.74, 6) is 0.912. The van der Waals surface area contributed by atoms with E-state index in [0.717, 1.165) is 33.9 Å². The Labute approximate surface area is 132 Å². The standard InChI is InChI=1S/C15H21BrN2OS/c1-10-8-13(20-14(10)16)15(19)18(12-2-3-12)9-11-4-6-17-7-5-11/h8,11-12,17H,2-7,9H2,1H3. The molecule has 0 radical (unpaired) electrons. The molecule has 0 bridgehead atoms. The van der Waals surface area contributed by atoms with Crippen LogP contribution < -0.4 is 5.32 Å². The normalized spacial score (nSPS) is 20.1. The Hall–Kier alpha value is -0.390. The number of amides is 1. The van der Waals surface area contributed by atoms with Gasteiger partial charge in [-0.05, 0) is 79.2 Å². The summed E-state index contributed by atoms with van der Waals surface area (Å²) in [7, 11) is 0. The summed E-state index contributed by atoms with van der Waals surface area (Å²) in [6.07, 6.45) is 4.76. The Morgan fingerprint density at radius 2 is 2.10 bits per heavy atom. The van der Waals surface area contributed by atoms with Crippen LogP contribution in [0.1, 0.15) is 40.9 Å². The van der Waals surface area contributed by atoms with Crippen LogP contribution in [-0.2, 0) is 0 Å². The SMILES string of the molecule is Cc1cc(C(=O)N(CC2CCNCC2)C2CC2)sc1Br. The number of carbonyl (C=O) groups is 1. The summed E-state index contributed by atoms with van der Waals surface area (Å²) in [5, 5.41) is 3.40. The minimum absolute atomic E-state index is 0.241. The number of halogens is 1. The molecule has 1 saturated carbocycles. The molecule has 1 N–H and O–H groups in total. The average molecular weight is 357 g/mol. The molecule has 3 rings (SSSR count). The van der Waals surface area contributed by atoms with E-state index in [-0.39, 0.29) is 5.91 Å². The average Bonchev–Trinajstić information content (AvgIpc) is 3.23. The van der Waals surface area contributed by atoms with Gasteiger partial charge in [0.1, 0.15) is 0 Å². The lowest BCUT2D eigenvalue weighted by atomic mass is 9.97. The lowest BCUT2D eigenvalue weighted by Crippen LogP contribution is -2.40. The molecule has 0 spiro atoms. The quantitative estimate of drug-likeness (QED) is 0.896. The highest BCUT2D eigenvalue weighted by Crippen LogP contribution is 2.33. The van der Waals surface area contributed by atoms with Crippen LogP contribution in [0.2, 0.25) is 0 Å². The second-order valence-electron chi connectivity index (χ2n) is 5.95. The van der Waals surface area contributed by atoms with Gasteiger partial charge in [0, 0.05) is 12.6 Å². The maximum absolute atomic E-state index is 12.8. The van der Waals surface area contributed by atoms with Crippen molar-refractivity contribution in [1.29, 1.82) is 0 Å². The van der Waals surface area contributed by atoms with E-state index in [0.29, 0.717) is 12.0 Å². The lowest BCUT2D eigenvalue weighted by molar-refractivity contribution is 0.0706. The zero-order chi connectivity index (χ0) is 14.1. The molecule has 1 saturated heterocycles. The fourth-order valence-corrected chi connectivity index (χ4v) is 4.32. The molecule has 1 aliphatic carbocycles. The van der Waals surface area contributed by atoms with Gasteiger partial charge in [0.15, 0.2) is 0 Å². The molecule has 3 nitrogen and oxygen atoms in total. The van der Waals surface area contributed by atoms with Crippen molar-refractivity contribution in [3.05, 3.63) is 20.3 Å². The topological polar surface area (TPSA) is 32.3 Å². The summed E-state index contributed by atoms with van der Waals surface area (Å²) < 4.78 is 1.08. The van der Waals surface area contributed by atoms with Crippen molar-refractivity contribution < 1.29 is 4.79 Å². The van der Waals surface area contributed by atoms with Gasteiger partial charge in [0.05, 0.1) is 8.66 Å². The van der Waals surface area contributed by atoms with Crippen LogP contribution in [0.25, 0.3) is 0 Å².